The van der Waals surface area contributed by atoms with Crippen molar-refractivity contribution in [2.24, 2.45) is 0 Å². The minimum Gasteiger partial charge on any atom is -0.444 e. The second-order valence-electron chi connectivity index (χ2n) is 3.70. The van der Waals surface area contributed by atoms with Crippen molar-refractivity contribution in [2.75, 3.05) is 6.54 Å². The fourth-order valence-corrected chi connectivity index (χ4v) is 0.459. The number of amides is 1. The van der Waals surface area contributed by atoms with Gasteiger partial charge in [0.05, 0.1) is 0 Å². The summed E-state index contributed by atoms with van der Waals surface area (Å²) >= 11 is 0. The average Bonchev–Trinajstić information content (AvgIpc) is 2.02. The number of carbonyl (C=O) groups is 1. The highest BCUT2D eigenvalue weighted by atomic mass is 16.6. The first kappa shape index (κ1) is 15.5. The van der Waals surface area contributed by atoms with E-state index in [0.717, 1.165) is 0 Å². The van der Waals surface area contributed by atoms with Gasteiger partial charge in [0.25, 0.3) is 0 Å². The molecular weight excluding hydrogens is 178 g/mol. The first-order chi connectivity index (χ1) is 6.37. The van der Waals surface area contributed by atoms with E-state index in [1.807, 2.05) is 53.7 Å². The number of hydrogen-bond donors (Lipinski definition) is 1. The lowest BCUT2D eigenvalue weighted by molar-refractivity contribution is 0.0531. The second-order valence-corrected chi connectivity index (χ2v) is 3.70. The molecule has 84 valence electrons. The summed E-state index contributed by atoms with van der Waals surface area (Å²) in [6, 6.07) is 0. The van der Waals surface area contributed by atoms with Gasteiger partial charge < -0.3 is 10.1 Å². The third-order valence-corrected chi connectivity index (χ3v) is 1.05. The molecule has 0 aliphatic heterocycles. The van der Waals surface area contributed by atoms with Crippen LogP contribution in [-0.4, -0.2) is 18.2 Å². The van der Waals surface area contributed by atoms with Crippen LogP contribution in [0.3, 0.4) is 0 Å². The van der Waals surface area contributed by atoms with E-state index in [2.05, 4.69) is 5.32 Å². The first-order valence-corrected chi connectivity index (χ1v) is 4.91. The molecule has 3 nitrogen and oxygen atoms in total. The molecule has 1 N–H and O–H groups in total. The second kappa shape index (κ2) is 8.60. The van der Waals surface area contributed by atoms with Gasteiger partial charge in [-0.25, -0.2) is 4.79 Å². The average molecular weight is 201 g/mol. The van der Waals surface area contributed by atoms with E-state index in [1.165, 1.54) is 0 Å². The van der Waals surface area contributed by atoms with Crippen LogP contribution in [0.15, 0.2) is 12.2 Å². The van der Waals surface area contributed by atoms with Gasteiger partial charge >= 0.3 is 6.09 Å². The molecule has 0 aromatic heterocycles. The Morgan fingerprint density at radius 1 is 1.29 bits per heavy atom. The van der Waals surface area contributed by atoms with E-state index >= 15 is 0 Å². The van der Waals surface area contributed by atoms with Crippen molar-refractivity contribution in [2.45, 2.75) is 47.1 Å². The minimum atomic E-state index is -0.390. The maximum Gasteiger partial charge on any atom is 0.407 e. The van der Waals surface area contributed by atoms with Crippen LogP contribution >= 0.6 is 0 Å². The van der Waals surface area contributed by atoms with Crippen LogP contribution in [-0.2, 0) is 4.74 Å². The lowest BCUT2D eigenvalue weighted by atomic mass is 10.2. The summed E-state index contributed by atoms with van der Waals surface area (Å²) in [6.07, 6.45) is 3.65. The van der Waals surface area contributed by atoms with Crippen molar-refractivity contribution >= 4 is 6.09 Å². The Morgan fingerprint density at radius 3 is 1.93 bits per heavy atom. The number of nitrogens with one attached hydrogen (secondary N) is 1. The normalized spacial score (nSPS) is 10.4. The Labute approximate surface area is 87.5 Å². The summed E-state index contributed by atoms with van der Waals surface area (Å²) in [7, 11) is 0. The van der Waals surface area contributed by atoms with Gasteiger partial charge in [0.15, 0.2) is 0 Å². The summed E-state index contributed by atoms with van der Waals surface area (Å²) in [6.45, 7) is 12.0. The molecule has 0 rings (SSSR count). The van der Waals surface area contributed by atoms with Crippen LogP contribution in [0, 0.1) is 0 Å². The molecule has 0 aromatic carbocycles. The quantitative estimate of drug-likeness (QED) is 0.662. The molecule has 0 unspecified atom stereocenters. The standard InChI is InChI=1S/C7H15NO2.C4H8/c1-5-8-6(9)10-7(2,3)4;1-3-4-2/h5H2,1-4H3,(H,8,9);3-4H,1-2H3/b;4-3-. The van der Waals surface area contributed by atoms with Gasteiger partial charge in [0, 0.05) is 6.54 Å². The molecule has 0 saturated carbocycles. The zero-order valence-corrected chi connectivity index (χ0v) is 10.2. The molecular formula is C11H23NO2. The zero-order chi connectivity index (χ0) is 11.6. The van der Waals surface area contributed by atoms with Crippen molar-refractivity contribution in [3.8, 4) is 0 Å². The van der Waals surface area contributed by atoms with Crippen LogP contribution in [0.4, 0.5) is 4.79 Å². The van der Waals surface area contributed by atoms with Crippen molar-refractivity contribution in [3.63, 3.8) is 0 Å². The van der Waals surface area contributed by atoms with Gasteiger partial charge in [0.1, 0.15) is 5.60 Å². The third-order valence-electron chi connectivity index (χ3n) is 1.05. The maximum atomic E-state index is 10.7. The van der Waals surface area contributed by atoms with Crippen LogP contribution in [0.2, 0.25) is 0 Å². The summed E-state index contributed by atoms with van der Waals surface area (Å²) in [5, 5.41) is 2.54. The lowest BCUT2D eigenvalue weighted by Crippen LogP contribution is -2.32. The number of hydrogen-bond acceptors (Lipinski definition) is 2. The molecule has 0 spiro atoms. The molecule has 0 fully saturated rings. The van der Waals surface area contributed by atoms with E-state index < -0.39 is 0 Å². The number of carbonyl (C=O) groups excluding carboxylic acids is 1. The molecule has 1 amide bonds. The Hall–Kier alpha value is -0.990. The Kier molecular flexibility index (Phi) is 9.51. The van der Waals surface area contributed by atoms with Crippen LogP contribution in [0.1, 0.15) is 41.5 Å². The predicted octanol–water partition coefficient (Wildman–Crippen LogP) is 3.11. The molecule has 0 bridgehead atoms. The van der Waals surface area contributed by atoms with Crippen molar-refractivity contribution in [1.82, 2.24) is 5.32 Å². The smallest absolute Gasteiger partial charge is 0.407 e. The van der Waals surface area contributed by atoms with Gasteiger partial charge in [-0.05, 0) is 41.5 Å². The Morgan fingerprint density at radius 2 is 1.71 bits per heavy atom. The van der Waals surface area contributed by atoms with Crippen LogP contribution < -0.4 is 5.32 Å². The summed E-state index contributed by atoms with van der Waals surface area (Å²) in [4.78, 5) is 10.7. The van der Waals surface area contributed by atoms with E-state index in [-0.39, 0.29) is 11.7 Å². The molecule has 0 atom stereocenters. The molecule has 14 heavy (non-hydrogen) atoms. The summed E-state index contributed by atoms with van der Waals surface area (Å²) in [5.41, 5.74) is -0.390. The minimum absolute atomic E-state index is 0.352. The predicted molar refractivity (Wildman–Crippen MR) is 60.4 cm³/mol. The molecule has 0 aliphatic rings. The first-order valence-electron chi connectivity index (χ1n) is 4.91. The van der Waals surface area contributed by atoms with Gasteiger partial charge in [0.2, 0.25) is 0 Å². The fourth-order valence-electron chi connectivity index (χ4n) is 0.459. The highest BCUT2D eigenvalue weighted by Crippen LogP contribution is 2.05. The SMILES string of the molecule is C/C=C\C.CCNC(=O)OC(C)(C)C. The van der Waals surface area contributed by atoms with E-state index in [9.17, 15) is 4.79 Å². The number of alkyl carbamates (subject to hydrolysis) is 1. The third kappa shape index (κ3) is 17.2. The van der Waals surface area contributed by atoms with Crippen molar-refractivity contribution < 1.29 is 9.53 Å². The highest BCUT2D eigenvalue weighted by molar-refractivity contribution is 5.67. The van der Waals surface area contributed by atoms with Gasteiger partial charge in [-0.3, -0.25) is 0 Å². The summed E-state index contributed by atoms with van der Waals surface area (Å²) in [5.74, 6) is 0. The zero-order valence-electron chi connectivity index (χ0n) is 10.2. The highest BCUT2D eigenvalue weighted by Gasteiger charge is 2.14. The van der Waals surface area contributed by atoms with Crippen molar-refractivity contribution in [3.05, 3.63) is 12.2 Å². The largest absolute Gasteiger partial charge is 0.444 e. The van der Waals surface area contributed by atoms with Gasteiger partial charge in [-0.1, -0.05) is 12.2 Å². The van der Waals surface area contributed by atoms with E-state index in [0.29, 0.717) is 6.54 Å². The lowest BCUT2D eigenvalue weighted by Gasteiger charge is -2.19. The van der Waals surface area contributed by atoms with Gasteiger partial charge in [-0.2, -0.15) is 0 Å². The van der Waals surface area contributed by atoms with Gasteiger partial charge in [-0.15, -0.1) is 0 Å². The van der Waals surface area contributed by atoms with E-state index in [4.69, 9.17) is 4.74 Å². The topological polar surface area (TPSA) is 38.3 Å². The van der Waals surface area contributed by atoms with Crippen LogP contribution in [0.25, 0.3) is 0 Å². The van der Waals surface area contributed by atoms with Crippen molar-refractivity contribution in [1.29, 1.82) is 0 Å². The Bertz CT molecular complexity index is 165. The molecule has 0 radical (unpaired) electrons. The van der Waals surface area contributed by atoms with E-state index in [1.54, 1.807) is 0 Å². The summed E-state index contributed by atoms with van der Waals surface area (Å²) < 4.78 is 4.93. The molecule has 0 saturated heterocycles. The maximum absolute atomic E-state index is 10.7. The number of allylic oxidation sites excluding steroid dienone is 2. The Balaban J connectivity index is 0. The number of rotatable bonds is 1. The number of ether oxygens (including phenoxy) is 1. The monoisotopic (exact) mass is 201 g/mol. The molecule has 0 aromatic rings. The molecule has 3 heteroatoms. The van der Waals surface area contributed by atoms with Crippen LogP contribution in [0.5, 0.6) is 0 Å². The molecule has 0 aliphatic carbocycles. The molecule has 0 heterocycles. The fraction of sp³-hybridized carbons (Fsp3) is 0.727.